The lowest BCUT2D eigenvalue weighted by Gasteiger charge is -2.43. The number of hydrogen-bond acceptors (Lipinski definition) is 7. The Morgan fingerprint density at radius 1 is 0.891 bits per heavy atom. The van der Waals surface area contributed by atoms with Crippen molar-refractivity contribution in [2.75, 3.05) is 31.6 Å². The number of fused-ring (bicyclic) bond motifs is 1. The van der Waals surface area contributed by atoms with Crippen LogP contribution >= 0.6 is 11.6 Å². The van der Waals surface area contributed by atoms with E-state index in [2.05, 4.69) is 16.0 Å². The molecule has 0 saturated carbocycles. The maximum atomic E-state index is 14.4. The second-order valence-corrected chi connectivity index (χ2v) is 14.6. The highest BCUT2D eigenvalue weighted by Crippen LogP contribution is 2.40. The van der Waals surface area contributed by atoms with Gasteiger partial charge in [0, 0.05) is 43.3 Å². The Morgan fingerprint density at radius 2 is 1.60 bits per heavy atom. The summed E-state index contributed by atoms with van der Waals surface area (Å²) in [6.07, 6.45) is 1.02. The fourth-order valence-corrected chi connectivity index (χ4v) is 7.84. The van der Waals surface area contributed by atoms with Gasteiger partial charge in [-0.1, -0.05) is 78.3 Å². The van der Waals surface area contributed by atoms with Gasteiger partial charge in [-0.2, -0.15) is 0 Å². The van der Waals surface area contributed by atoms with Crippen molar-refractivity contribution in [3.8, 4) is 5.75 Å². The van der Waals surface area contributed by atoms with Crippen LogP contribution in [0, 0.1) is 0 Å². The lowest BCUT2D eigenvalue weighted by molar-refractivity contribution is -0.141. The number of urea groups is 1. The zero-order chi connectivity index (χ0) is 38.5. The number of likely N-dealkylation sites (tertiary alicyclic amines) is 1. The van der Waals surface area contributed by atoms with E-state index in [4.69, 9.17) is 16.3 Å². The molecule has 6 amide bonds. The average Bonchev–Trinajstić information content (AvgIpc) is 3.41. The molecule has 13 heteroatoms. The van der Waals surface area contributed by atoms with E-state index in [-0.39, 0.29) is 50.7 Å². The summed E-state index contributed by atoms with van der Waals surface area (Å²) < 4.78 is 5.27. The molecule has 55 heavy (non-hydrogen) atoms. The molecule has 0 aliphatic carbocycles. The molecule has 3 aliphatic heterocycles. The summed E-state index contributed by atoms with van der Waals surface area (Å²) in [5, 5.41) is 9.70. The van der Waals surface area contributed by atoms with Crippen LogP contribution in [-0.2, 0) is 45.1 Å². The Balaban J connectivity index is 1.07. The number of anilines is 1. The highest BCUT2D eigenvalue weighted by Gasteiger charge is 2.59. The van der Waals surface area contributed by atoms with Gasteiger partial charge in [0.1, 0.15) is 23.9 Å². The van der Waals surface area contributed by atoms with E-state index in [1.54, 1.807) is 60.5 Å². The van der Waals surface area contributed by atoms with E-state index in [1.807, 2.05) is 54.6 Å². The van der Waals surface area contributed by atoms with Gasteiger partial charge in [-0.15, -0.1) is 0 Å². The molecule has 2 atom stereocenters. The number of para-hydroxylation sites is 1. The SMILES string of the molecule is COc1cccc(CNC(=O)CN2C(=O)N(c3ccccc3)C3(CCN(C(=O)[C@@H](Cc4ccc(Cl)cc4)NC(=O)C4Cc5ccccc5CN4)CC3)C2=O)c1. The Kier molecular flexibility index (Phi) is 11.2. The van der Waals surface area contributed by atoms with Crippen LogP contribution in [0.2, 0.25) is 5.02 Å². The molecule has 1 unspecified atom stereocenters. The van der Waals surface area contributed by atoms with E-state index in [1.165, 1.54) is 4.90 Å². The molecule has 3 aliphatic rings. The van der Waals surface area contributed by atoms with Gasteiger partial charge in [0.15, 0.2) is 0 Å². The van der Waals surface area contributed by atoms with Crippen molar-refractivity contribution in [3.05, 3.63) is 130 Å². The highest BCUT2D eigenvalue weighted by atomic mass is 35.5. The molecule has 1 spiro atoms. The van der Waals surface area contributed by atoms with Crippen molar-refractivity contribution in [2.45, 2.75) is 56.4 Å². The van der Waals surface area contributed by atoms with Crippen molar-refractivity contribution in [1.82, 2.24) is 25.8 Å². The minimum atomic E-state index is -1.31. The molecular formula is C42H43ClN6O6. The average molecular weight is 763 g/mol. The van der Waals surface area contributed by atoms with Crippen LogP contribution in [0.25, 0.3) is 0 Å². The fraction of sp³-hybridized carbons (Fsp3) is 0.310. The summed E-state index contributed by atoms with van der Waals surface area (Å²) in [6.45, 7) is 0.584. The Bertz CT molecular complexity index is 2070. The summed E-state index contributed by atoms with van der Waals surface area (Å²) in [7, 11) is 1.56. The van der Waals surface area contributed by atoms with E-state index in [0.717, 1.165) is 27.2 Å². The van der Waals surface area contributed by atoms with Gasteiger partial charge in [0.05, 0.1) is 13.2 Å². The van der Waals surface area contributed by atoms with Gasteiger partial charge in [-0.25, -0.2) is 4.79 Å². The number of piperidine rings is 1. The topological polar surface area (TPSA) is 140 Å². The molecule has 2 fully saturated rings. The first kappa shape index (κ1) is 37.6. The van der Waals surface area contributed by atoms with Crippen molar-refractivity contribution < 1.29 is 28.7 Å². The first-order valence-electron chi connectivity index (χ1n) is 18.4. The molecule has 3 N–H and O–H groups in total. The third kappa shape index (κ3) is 8.06. The monoisotopic (exact) mass is 762 g/mol. The number of ether oxygens (including phenoxy) is 1. The summed E-state index contributed by atoms with van der Waals surface area (Å²) in [5.74, 6) is -0.889. The molecule has 12 nitrogen and oxygen atoms in total. The third-order valence-electron chi connectivity index (χ3n) is 10.7. The van der Waals surface area contributed by atoms with Crippen molar-refractivity contribution in [3.63, 3.8) is 0 Å². The smallest absolute Gasteiger partial charge is 0.332 e. The van der Waals surface area contributed by atoms with Crippen molar-refractivity contribution in [1.29, 1.82) is 0 Å². The molecule has 284 valence electrons. The van der Waals surface area contributed by atoms with Gasteiger partial charge in [0.2, 0.25) is 17.7 Å². The predicted octanol–water partition coefficient (Wildman–Crippen LogP) is 4.24. The number of nitrogens with one attached hydrogen (secondary N) is 3. The van der Waals surface area contributed by atoms with Gasteiger partial charge in [-0.3, -0.25) is 29.0 Å². The van der Waals surface area contributed by atoms with E-state index < -0.39 is 42.0 Å². The van der Waals surface area contributed by atoms with Crippen molar-refractivity contribution >= 4 is 46.9 Å². The van der Waals surface area contributed by atoms with Crippen LogP contribution in [0.4, 0.5) is 10.5 Å². The number of nitrogens with zero attached hydrogens (tertiary/aromatic N) is 3. The largest absolute Gasteiger partial charge is 0.497 e. The molecule has 3 heterocycles. The number of methoxy groups -OCH3 is 1. The normalized spacial score (nSPS) is 18.1. The second-order valence-electron chi connectivity index (χ2n) is 14.1. The summed E-state index contributed by atoms with van der Waals surface area (Å²) in [4.78, 5) is 73.8. The minimum Gasteiger partial charge on any atom is -0.497 e. The van der Waals surface area contributed by atoms with E-state index in [9.17, 15) is 24.0 Å². The van der Waals surface area contributed by atoms with Crippen LogP contribution in [0.5, 0.6) is 5.75 Å². The van der Waals surface area contributed by atoms with Crippen LogP contribution in [-0.4, -0.2) is 83.8 Å². The van der Waals surface area contributed by atoms with E-state index in [0.29, 0.717) is 29.4 Å². The lowest BCUT2D eigenvalue weighted by Crippen LogP contribution is -2.61. The highest BCUT2D eigenvalue weighted by molar-refractivity contribution is 6.30. The number of hydrogen-bond donors (Lipinski definition) is 3. The Morgan fingerprint density at radius 3 is 2.33 bits per heavy atom. The Labute approximate surface area is 324 Å². The number of rotatable bonds is 11. The van der Waals surface area contributed by atoms with Crippen molar-refractivity contribution in [2.24, 2.45) is 0 Å². The molecule has 2 saturated heterocycles. The summed E-state index contributed by atoms with van der Waals surface area (Å²) in [6, 6.07) is 29.3. The number of amides is 6. The molecule has 0 aromatic heterocycles. The first-order valence-corrected chi connectivity index (χ1v) is 18.8. The number of benzene rings is 4. The summed E-state index contributed by atoms with van der Waals surface area (Å²) >= 11 is 6.15. The number of halogens is 1. The third-order valence-corrected chi connectivity index (χ3v) is 11.0. The quantitative estimate of drug-likeness (QED) is 0.194. The van der Waals surface area contributed by atoms with Crippen LogP contribution in [0.3, 0.4) is 0 Å². The number of imide groups is 1. The second kappa shape index (κ2) is 16.3. The standard InChI is InChI=1S/C42H43ClN6O6/c1-55-34-13-7-8-29(22-34)25-45-37(50)27-48-40(53)42(49(41(48)54)33-11-3-2-4-12-33)18-20-47(21-19-42)39(52)36(23-28-14-16-32(43)17-15-28)46-38(51)35-24-30-9-5-6-10-31(30)26-44-35/h2-17,22,35-36,44H,18-21,23-27H2,1H3,(H,45,50)(H,46,51)/t35?,36-/m1/s1. The van der Waals surface area contributed by atoms with Gasteiger partial charge in [0.25, 0.3) is 5.91 Å². The molecule has 4 aromatic carbocycles. The van der Waals surface area contributed by atoms with Gasteiger partial charge in [-0.05, 0) is 77.9 Å². The maximum Gasteiger partial charge on any atom is 0.332 e. The predicted molar refractivity (Wildman–Crippen MR) is 207 cm³/mol. The molecule has 0 radical (unpaired) electrons. The maximum absolute atomic E-state index is 14.4. The molecule has 0 bridgehead atoms. The molecule has 4 aromatic rings. The fourth-order valence-electron chi connectivity index (χ4n) is 7.72. The van der Waals surface area contributed by atoms with E-state index >= 15 is 0 Å². The first-order chi connectivity index (χ1) is 26.6. The van der Waals surface area contributed by atoms with Gasteiger partial charge < -0.3 is 25.6 Å². The van der Waals surface area contributed by atoms with Gasteiger partial charge >= 0.3 is 6.03 Å². The van der Waals surface area contributed by atoms with Crippen LogP contribution < -0.4 is 25.6 Å². The minimum absolute atomic E-state index is 0.142. The molecular weight excluding hydrogens is 720 g/mol. The zero-order valence-electron chi connectivity index (χ0n) is 30.5. The summed E-state index contributed by atoms with van der Waals surface area (Å²) in [5.41, 5.74) is 3.07. The van der Waals surface area contributed by atoms with Crippen LogP contribution in [0.15, 0.2) is 103 Å². The van der Waals surface area contributed by atoms with Crippen LogP contribution in [0.1, 0.15) is 35.1 Å². The zero-order valence-corrected chi connectivity index (χ0v) is 31.3. The lowest BCUT2D eigenvalue weighted by atomic mass is 9.85. The number of carbonyl (C=O) groups is 5. The Hall–Kier alpha value is -5.72. The number of carbonyl (C=O) groups excluding carboxylic acids is 5. The molecule has 7 rings (SSSR count).